The first-order chi connectivity index (χ1) is 9.10. The molecule has 0 aliphatic rings. The fourth-order valence-electron chi connectivity index (χ4n) is 1.95. The van der Waals surface area contributed by atoms with Crippen LogP contribution in [0.5, 0.6) is 11.5 Å². The molecule has 0 saturated carbocycles. The predicted molar refractivity (Wildman–Crippen MR) is 79.1 cm³/mol. The summed E-state index contributed by atoms with van der Waals surface area (Å²) in [6.45, 7) is 6.40. The minimum Gasteiger partial charge on any atom is -0.455 e. The Kier molecular flexibility index (Phi) is 4.05. The molecule has 0 aliphatic heterocycles. The lowest BCUT2D eigenvalue weighted by atomic mass is 10.0. The molecule has 19 heavy (non-hydrogen) atoms. The van der Waals surface area contributed by atoms with Crippen molar-refractivity contribution in [2.45, 2.75) is 26.7 Å². The van der Waals surface area contributed by atoms with Crippen LogP contribution in [0.25, 0.3) is 0 Å². The van der Waals surface area contributed by atoms with Crippen LogP contribution in [0.2, 0.25) is 0 Å². The van der Waals surface area contributed by atoms with Crippen LogP contribution in [0.15, 0.2) is 36.7 Å². The number of rotatable bonds is 4. The van der Waals surface area contributed by atoms with Gasteiger partial charge in [0.05, 0.1) is 18.1 Å². The van der Waals surface area contributed by atoms with Crippen LogP contribution in [-0.2, 0) is 0 Å². The molecule has 2 rings (SSSR count). The normalized spacial score (nSPS) is 10.6. The van der Waals surface area contributed by atoms with Crippen molar-refractivity contribution in [3.05, 3.63) is 47.8 Å². The van der Waals surface area contributed by atoms with E-state index in [1.54, 1.807) is 12.4 Å². The summed E-state index contributed by atoms with van der Waals surface area (Å²) in [6, 6.07) is 8.26. The van der Waals surface area contributed by atoms with E-state index in [1.165, 1.54) is 11.1 Å². The molecule has 1 N–H and O–H groups in total. The summed E-state index contributed by atoms with van der Waals surface area (Å²) in [5, 5.41) is 3.06. The minimum atomic E-state index is 0.427. The van der Waals surface area contributed by atoms with Gasteiger partial charge >= 0.3 is 0 Å². The van der Waals surface area contributed by atoms with Crippen LogP contribution >= 0.6 is 0 Å². The lowest BCUT2D eigenvalue weighted by Gasteiger charge is -2.14. The number of pyridine rings is 1. The smallest absolute Gasteiger partial charge is 0.147 e. The molecule has 0 saturated heterocycles. The SMILES string of the molecule is CNc1cncc(Oc2cc(C)ccc2C(C)C)c1. The second-order valence-corrected chi connectivity index (χ2v) is 4.96. The summed E-state index contributed by atoms with van der Waals surface area (Å²) in [5.41, 5.74) is 3.34. The highest BCUT2D eigenvalue weighted by Crippen LogP contribution is 2.31. The third-order valence-corrected chi connectivity index (χ3v) is 3.02. The van der Waals surface area contributed by atoms with Crippen LogP contribution in [0.4, 0.5) is 5.69 Å². The minimum absolute atomic E-state index is 0.427. The first kappa shape index (κ1) is 13.4. The Bertz CT molecular complexity index is 564. The second-order valence-electron chi connectivity index (χ2n) is 4.96. The molecule has 0 fully saturated rings. The van der Waals surface area contributed by atoms with E-state index in [0.29, 0.717) is 5.92 Å². The molecule has 0 atom stereocenters. The molecule has 2 aromatic rings. The monoisotopic (exact) mass is 256 g/mol. The number of ether oxygens (including phenoxy) is 1. The van der Waals surface area contributed by atoms with Crippen molar-refractivity contribution in [3.63, 3.8) is 0 Å². The molecule has 3 nitrogen and oxygen atoms in total. The summed E-state index contributed by atoms with van der Waals surface area (Å²) in [6.07, 6.45) is 3.50. The zero-order chi connectivity index (χ0) is 13.8. The van der Waals surface area contributed by atoms with E-state index < -0.39 is 0 Å². The van der Waals surface area contributed by atoms with E-state index in [-0.39, 0.29) is 0 Å². The zero-order valence-electron chi connectivity index (χ0n) is 11.9. The Morgan fingerprint density at radius 1 is 1.16 bits per heavy atom. The maximum atomic E-state index is 5.99. The molecule has 1 aromatic carbocycles. The van der Waals surface area contributed by atoms with Crippen LogP contribution in [0.1, 0.15) is 30.9 Å². The molecule has 0 bridgehead atoms. The Morgan fingerprint density at radius 3 is 2.63 bits per heavy atom. The molecule has 0 unspecified atom stereocenters. The van der Waals surface area contributed by atoms with Gasteiger partial charge in [0.15, 0.2) is 0 Å². The summed E-state index contributed by atoms with van der Waals surface area (Å²) in [7, 11) is 1.87. The number of anilines is 1. The lowest BCUT2D eigenvalue weighted by Crippen LogP contribution is -1.96. The Labute approximate surface area is 114 Å². The second kappa shape index (κ2) is 5.74. The number of benzene rings is 1. The van der Waals surface area contributed by atoms with Crippen molar-refractivity contribution < 1.29 is 4.74 Å². The van der Waals surface area contributed by atoms with Gasteiger partial charge in [0, 0.05) is 13.1 Å². The third-order valence-electron chi connectivity index (χ3n) is 3.02. The van der Waals surface area contributed by atoms with E-state index in [0.717, 1.165) is 17.2 Å². The number of hydrogen-bond donors (Lipinski definition) is 1. The van der Waals surface area contributed by atoms with E-state index >= 15 is 0 Å². The third kappa shape index (κ3) is 3.25. The largest absolute Gasteiger partial charge is 0.455 e. The standard InChI is InChI=1S/C16H20N2O/c1-11(2)15-6-5-12(3)7-16(15)19-14-8-13(17-4)9-18-10-14/h5-11,17H,1-4H3. The molecule has 0 radical (unpaired) electrons. The van der Waals surface area contributed by atoms with E-state index in [4.69, 9.17) is 4.74 Å². The van der Waals surface area contributed by atoms with Gasteiger partial charge in [-0.3, -0.25) is 4.98 Å². The highest BCUT2D eigenvalue weighted by atomic mass is 16.5. The number of nitrogens with one attached hydrogen (secondary N) is 1. The van der Waals surface area contributed by atoms with Crippen LogP contribution in [0.3, 0.4) is 0 Å². The fraction of sp³-hybridized carbons (Fsp3) is 0.312. The first-order valence-corrected chi connectivity index (χ1v) is 6.51. The van der Waals surface area contributed by atoms with Gasteiger partial charge in [-0.15, -0.1) is 0 Å². The zero-order valence-corrected chi connectivity index (χ0v) is 11.9. The maximum Gasteiger partial charge on any atom is 0.147 e. The average molecular weight is 256 g/mol. The molecule has 1 heterocycles. The highest BCUT2D eigenvalue weighted by Gasteiger charge is 2.09. The summed E-state index contributed by atoms with van der Waals surface area (Å²) in [4.78, 5) is 4.16. The van der Waals surface area contributed by atoms with E-state index in [9.17, 15) is 0 Å². The van der Waals surface area contributed by atoms with Gasteiger partial charge in [-0.1, -0.05) is 26.0 Å². The van der Waals surface area contributed by atoms with Crippen molar-refractivity contribution >= 4 is 5.69 Å². The number of nitrogens with zero attached hydrogens (tertiary/aromatic N) is 1. The summed E-state index contributed by atoms with van der Waals surface area (Å²) >= 11 is 0. The summed E-state index contributed by atoms with van der Waals surface area (Å²) in [5.74, 6) is 2.08. The van der Waals surface area contributed by atoms with Gasteiger partial charge in [-0.25, -0.2) is 0 Å². The summed E-state index contributed by atoms with van der Waals surface area (Å²) < 4.78 is 5.99. The highest BCUT2D eigenvalue weighted by molar-refractivity contribution is 5.47. The number of aryl methyl sites for hydroxylation is 1. The topological polar surface area (TPSA) is 34.2 Å². The first-order valence-electron chi connectivity index (χ1n) is 6.51. The Morgan fingerprint density at radius 2 is 1.95 bits per heavy atom. The number of hydrogen-bond acceptors (Lipinski definition) is 3. The van der Waals surface area contributed by atoms with Crippen LogP contribution < -0.4 is 10.1 Å². The van der Waals surface area contributed by atoms with E-state index in [1.807, 2.05) is 13.1 Å². The molecule has 3 heteroatoms. The van der Waals surface area contributed by atoms with Crippen molar-refractivity contribution in [1.29, 1.82) is 0 Å². The van der Waals surface area contributed by atoms with Crippen LogP contribution in [0, 0.1) is 6.92 Å². The molecular formula is C16H20N2O. The lowest BCUT2D eigenvalue weighted by molar-refractivity contribution is 0.470. The quantitative estimate of drug-likeness (QED) is 0.883. The fourth-order valence-corrected chi connectivity index (χ4v) is 1.95. The number of aromatic nitrogens is 1. The van der Waals surface area contributed by atoms with Crippen molar-refractivity contribution in [2.24, 2.45) is 0 Å². The van der Waals surface area contributed by atoms with Gasteiger partial charge in [0.25, 0.3) is 0 Å². The van der Waals surface area contributed by atoms with Crippen LogP contribution in [-0.4, -0.2) is 12.0 Å². The average Bonchev–Trinajstić information content (AvgIpc) is 2.38. The Hall–Kier alpha value is -2.03. The van der Waals surface area contributed by atoms with Gasteiger partial charge in [-0.2, -0.15) is 0 Å². The molecule has 100 valence electrons. The van der Waals surface area contributed by atoms with Gasteiger partial charge < -0.3 is 10.1 Å². The van der Waals surface area contributed by atoms with Gasteiger partial charge in [0.2, 0.25) is 0 Å². The van der Waals surface area contributed by atoms with Gasteiger partial charge in [0.1, 0.15) is 11.5 Å². The van der Waals surface area contributed by atoms with Crippen molar-refractivity contribution in [3.8, 4) is 11.5 Å². The van der Waals surface area contributed by atoms with E-state index in [2.05, 4.69) is 49.3 Å². The molecule has 0 aliphatic carbocycles. The molecule has 0 spiro atoms. The van der Waals surface area contributed by atoms with Crippen molar-refractivity contribution in [1.82, 2.24) is 4.98 Å². The molecule has 0 amide bonds. The predicted octanol–water partition coefficient (Wildman–Crippen LogP) is 4.35. The Balaban J connectivity index is 2.33. The maximum absolute atomic E-state index is 5.99. The van der Waals surface area contributed by atoms with Crippen molar-refractivity contribution in [2.75, 3.05) is 12.4 Å². The molecular weight excluding hydrogens is 236 g/mol. The molecule has 1 aromatic heterocycles. The van der Waals surface area contributed by atoms with Gasteiger partial charge in [-0.05, 0) is 30.0 Å².